The molecular formula is C33H34N2O4S. The predicted octanol–water partition coefficient (Wildman–Crippen LogP) is 8.47. The fraction of sp³-hybridized carbons (Fsp3) is 0.303. The summed E-state index contributed by atoms with van der Waals surface area (Å²) in [6.07, 6.45) is 4.01. The molecule has 4 aromatic rings. The minimum absolute atomic E-state index is 0.132. The lowest BCUT2D eigenvalue weighted by molar-refractivity contribution is -0.149. The number of hydrogen-bond donors (Lipinski definition) is 1. The van der Waals surface area contributed by atoms with Gasteiger partial charge in [-0.3, -0.25) is 10.1 Å². The number of nitrogens with zero attached hydrogens (tertiary/aromatic N) is 1. The molecule has 5 rings (SSSR count). The number of methoxy groups -OCH3 is 1. The Bertz CT molecular complexity index is 1460. The van der Waals surface area contributed by atoms with Crippen LogP contribution in [-0.2, 0) is 19.7 Å². The third-order valence-corrected chi connectivity index (χ3v) is 8.83. The Kier molecular flexibility index (Phi) is 8.31. The zero-order valence-corrected chi connectivity index (χ0v) is 23.9. The fourth-order valence-corrected chi connectivity index (χ4v) is 6.41. The summed E-state index contributed by atoms with van der Waals surface area (Å²) in [5.74, 6) is -0.132. The Balaban J connectivity index is 1.31. The maximum Gasteiger partial charge on any atom is 0.412 e. The van der Waals surface area contributed by atoms with E-state index in [1.165, 1.54) is 18.6 Å². The molecule has 1 N–H and O–H groups in total. The molecular weight excluding hydrogens is 520 g/mol. The molecule has 7 heteroatoms. The minimum Gasteiger partial charge on any atom is -0.468 e. The number of esters is 1. The van der Waals surface area contributed by atoms with Gasteiger partial charge in [-0.05, 0) is 66.0 Å². The second kappa shape index (κ2) is 12.0. The number of hydrogen-bond acceptors (Lipinski definition) is 6. The predicted molar refractivity (Wildman–Crippen MR) is 159 cm³/mol. The molecule has 1 amide bonds. The second-order valence-electron chi connectivity index (χ2n) is 10.3. The maximum atomic E-state index is 12.8. The van der Waals surface area contributed by atoms with Gasteiger partial charge in [-0.2, -0.15) is 4.37 Å². The van der Waals surface area contributed by atoms with E-state index >= 15 is 0 Å². The molecule has 0 spiro atoms. The van der Waals surface area contributed by atoms with E-state index in [1.54, 1.807) is 0 Å². The second-order valence-corrected chi connectivity index (χ2v) is 11.1. The van der Waals surface area contributed by atoms with Crippen LogP contribution in [0.3, 0.4) is 0 Å². The van der Waals surface area contributed by atoms with Crippen LogP contribution in [0.5, 0.6) is 0 Å². The number of benzene rings is 3. The smallest absolute Gasteiger partial charge is 0.412 e. The van der Waals surface area contributed by atoms with Crippen LogP contribution >= 0.6 is 11.5 Å². The molecule has 1 unspecified atom stereocenters. The molecule has 0 radical (unpaired) electrons. The number of ether oxygens (including phenoxy) is 2. The van der Waals surface area contributed by atoms with E-state index in [-0.39, 0.29) is 12.1 Å². The van der Waals surface area contributed by atoms with Crippen molar-refractivity contribution in [2.24, 2.45) is 0 Å². The largest absolute Gasteiger partial charge is 0.468 e. The SMILES string of the molecule is COC(=O)C1(c2ccc(-c3ccc(-c4snc(C)c4NC(=O)OC(C)c4ccccc4)cc3)cc2)CCCCC1. The van der Waals surface area contributed by atoms with Crippen molar-refractivity contribution in [1.29, 1.82) is 0 Å². The lowest BCUT2D eigenvalue weighted by Crippen LogP contribution is -2.38. The van der Waals surface area contributed by atoms with Gasteiger partial charge >= 0.3 is 12.1 Å². The zero-order chi connectivity index (χ0) is 28.1. The molecule has 1 fully saturated rings. The first-order valence-corrected chi connectivity index (χ1v) is 14.5. The normalized spacial score (nSPS) is 15.2. The Morgan fingerprint density at radius 1 is 0.875 bits per heavy atom. The van der Waals surface area contributed by atoms with Gasteiger partial charge in [0.2, 0.25) is 0 Å². The summed E-state index contributed by atoms with van der Waals surface area (Å²) in [5.41, 5.74) is 5.93. The van der Waals surface area contributed by atoms with Crippen LogP contribution in [0, 0.1) is 6.92 Å². The van der Waals surface area contributed by atoms with Gasteiger partial charge in [-0.1, -0.05) is 98.1 Å². The number of carbonyl (C=O) groups is 2. The van der Waals surface area contributed by atoms with E-state index in [1.807, 2.05) is 56.3 Å². The van der Waals surface area contributed by atoms with E-state index in [9.17, 15) is 9.59 Å². The van der Waals surface area contributed by atoms with Crippen LogP contribution in [0.25, 0.3) is 21.6 Å². The van der Waals surface area contributed by atoms with Crippen molar-refractivity contribution in [1.82, 2.24) is 4.37 Å². The summed E-state index contributed by atoms with van der Waals surface area (Å²) in [6, 6.07) is 26.2. The molecule has 206 valence electrons. The lowest BCUT2D eigenvalue weighted by Gasteiger charge is -2.35. The zero-order valence-electron chi connectivity index (χ0n) is 23.1. The first-order chi connectivity index (χ1) is 19.4. The first-order valence-electron chi connectivity index (χ1n) is 13.7. The highest BCUT2D eigenvalue weighted by Gasteiger charge is 2.42. The number of nitrogens with one attached hydrogen (secondary N) is 1. The average molecular weight is 555 g/mol. The topological polar surface area (TPSA) is 77.5 Å². The monoisotopic (exact) mass is 554 g/mol. The van der Waals surface area contributed by atoms with E-state index in [0.717, 1.165) is 70.5 Å². The van der Waals surface area contributed by atoms with Crippen molar-refractivity contribution in [2.45, 2.75) is 57.5 Å². The number of carbonyl (C=O) groups excluding carboxylic acids is 2. The van der Waals surface area contributed by atoms with Gasteiger partial charge in [-0.25, -0.2) is 4.79 Å². The average Bonchev–Trinajstić information content (AvgIpc) is 3.36. The maximum absolute atomic E-state index is 12.8. The molecule has 0 bridgehead atoms. The summed E-state index contributed by atoms with van der Waals surface area (Å²) < 4.78 is 15.3. The molecule has 1 atom stereocenters. The highest BCUT2D eigenvalue weighted by atomic mass is 32.1. The molecule has 1 aromatic heterocycles. The Hall–Kier alpha value is -3.97. The summed E-state index contributed by atoms with van der Waals surface area (Å²) in [6.45, 7) is 3.73. The molecule has 1 heterocycles. The van der Waals surface area contributed by atoms with Gasteiger partial charge in [0.15, 0.2) is 0 Å². The van der Waals surface area contributed by atoms with Gasteiger partial charge in [-0.15, -0.1) is 0 Å². The molecule has 3 aromatic carbocycles. The van der Waals surface area contributed by atoms with Gasteiger partial charge in [0.25, 0.3) is 0 Å². The number of aryl methyl sites for hydroxylation is 1. The van der Waals surface area contributed by atoms with Crippen LogP contribution in [0.4, 0.5) is 10.5 Å². The summed E-state index contributed by atoms with van der Waals surface area (Å²) in [7, 11) is 1.48. The van der Waals surface area contributed by atoms with E-state index in [2.05, 4.69) is 46.1 Å². The highest BCUT2D eigenvalue weighted by Crippen LogP contribution is 2.41. The van der Waals surface area contributed by atoms with Gasteiger partial charge in [0.05, 0.1) is 28.8 Å². The third-order valence-electron chi connectivity index (χ3n) is 7.84. The van der Waals surface area contributed by atoms with Crippen molar-refractivity contribution < 1.29 is 19.1 Å². The quantitative estimate of drug-likeness (QED) is 0.232. The van der Waals surface area contributed by atoms with Gasteiger partial charge < -0.3 is 9.47 Å². The third kappa shape index (κ3) is 5.65. The Morgan fingerprint density at radius 2 is 1.48 bits per heavy atom. The molecule has 1 aliphatic rings. The minimum atomic E-state index is -0.539. The Morgan fingerprint density at radius 3 is 2.10 bits per heavy atom. The van der Waals surface area contributed by atoms with Crippen molar-refractivity contribution in [3.8, 4) is 21.6 Å². The molecule has 40 heavy (non-hydrogen) atoms. The lowest BCUT2D eigenvalue weighted by atomic mass is 9.69. The summed E-state index contributed by atoms with van der Waals surface area (Å²) in [4.78, 5) is 26.4. The van der Waals surface area contributed by atoms with Crippen molar-refractivity contribution in [3.05, 3.63) is 95.7 Å². The molecule has 0 saturated heterocycles. The van der Waals surface area contributed by atoms with Crippen molar-refractivity contribution in [3.63, 3.8) is 0 Å². The molecule has 0 aliphatic heterocycles. The highest BCUT2D eigenvalue weighted by molar-refractivity contribution is 7.10. The first kappa shape index (κ1) is 27.6. The standard InChI is InChI=1S/C33H34N2O4S/c1-22-29(34-32(37)39-23(2)24-10-6-4-7-11-24)30(40-35-22)27-14-12-25(13-15-27)26-16-18-28(19-17-26)33(31(36)38-3)20-8-5-9-21-33/h4,6-7,10-19,23H,5,8-9,20-21H2,1-3H3,(H,34,37). The number of aromatic nitrogens is 1. The number of anilines is 1. The van der Waals surface area contributed by atoms with Crippen LogP contribution in [-0.4, -0.2) is 23.5 Å². The molecule has 6 nitrogen and oxygen atoms in total. The van der Waals surface area contributed by atoms with E-state index in [4.69, 9.17) is 9.47 Å². The Labute approximate surface area is 239 Å². The molecule has 1 aliphatic carbocycles. The number of rotatable bonds is 7. The van der Waals surface area contributed by atoms with Crippen molar-refractivity contribution in [2.75, 3.05) is 12.4 Å². The van der Waals surface area contributed by atoms with Crippen LogP contribution in [0.2, 0.25) is 0 Å². The summed E-state index contributed by atoms with van der Waals surface area (Å²) >= 11 is 1.35. The van der Waals surface area contributed by atoms with Crippen LogP contribution in [0.15, 0.2) is 78.9 Å². The van der Waals surface area contributed by atoms with E-state index < -0.39 is 11.5 Å². The fourth-order valence-electron chi connectivity index (χ4n) is 5.56. The molecule has 1 saturated carbocycles. The van der Waals surface area contributed by atoms with Gasteiger partial charge in [0, 0.05) is 0 Å². The van der Waals surface area contributed by atoms with Crippen LogP contribution in [0.1, 0.15) is 62.0 Å². The van der Waals surface area contributed by atoms with Gasteiger partial charge in [0.1, 0.15) is 6.10 Å². The van der Waals surface area contributed by atoms with Crippen molar-refractivity contribution >= 4 is 29.3 Å². The van der Waals surface area contributed by atoms with E-state index in [0.29, 0.717) is 5.69 Å². The summed E-state index contributed by atoms with van der Waals surface area (Å²) in [5, 5.41) is 2.91. The van der Waals surface area contributed by atoms with Crippen LogP contribution < -0.4 is 5.32 Å². The number of amides is 1.